The molecule has 0 aliphatic carbocycles. The predicted octanol–water partition coefficient (Wildman–Crippen LogP) is 4.60. The van der Waals surface area contributed by atoms with Crippen molar-refractivity contribution < 1.29 is 9.53 Å². The van der Waals surface area contributed by atoms with Gasteiger partial charge in [0, 0.05) is 24.3 Å². The zero-order chi connectivity index (χ0) is 21.1. The van der Waals surface area contributed by atoms with Crippen LogP contribution in [0.3, 0.4) is 0 Å². The van der Waals surface area contributed by atoms with Crippen molar-refractivity contribution in [2.45, 2.75) is 26.9 Å². The highest BCUT2D eigenvalue weighted by molar-refractivity contribution is 5.95. The van der Waals surface area contributed by atoms with Crippen molar-refractivity contribution in [2.24, 2.45) is 5.10 Å². The topological polar surface area (TPSA) is 53.9 Å². The van der Waals surface area contributed by atoms with Gasteiger partial charge in [0.15, 0.2) is 0 Å². The van der Waals surface area contributed by atoms with Crippen LogP contribution in [0.1, 0.15) is 38.2 Å². The number of nitrogens with zero attached hydrogens (tertiary/aromatic N) is 2. The number of aryl methyl sites for hydroxylation is 2. The van der Waals surface area contributed by atoms with Gasteiger partial charge in [-0.2, -0.15) is 5.10 Å². The normalized spacial score (nSPS) is 12.8. The van der Waals surface area contributed by atoms with Crippen molar-refractivity contribution in [2.75, 3.05) is 12.0 Å². The van der Waals surface area contributed by atoms with Crippen LogP contribution >= 0.6 is 0 Å². The molecule has 3 aromatic rings. The summed E-state index contributed by atoms with van der Waals surface area (Å²) >= 11 is 0. The van der Waals surface area contributed by atoms with Crippen LogP contribution < -0.4 is 15.1 Å². The predicted molar refractivity (Wildman–Crippen MR) is 120 cm³/mol. The Bertz CT molecular complexity index is 1090. The molecule has 1 aliphatic heterocycles. The lowest BCUT2D eigenvalue weighted by molar-refractivity contribution is 0.0955. The van der Waals surface area contributed by atoms with Gasteiger partial charge >= 0.3 is 0 Å². The van der Waals surface area contributed by atoms with E-state index in [4.69, 9.17) is 4.74 Å². The number of hydrogen-bond acceptors (Lipinski definition) is 4. The van der Waals surface area contributed by atoms with Crippen molar-refractivity contribution in [3.8, 4) is 5.75 Å². The zero-order valence-corrected chi connectivity index (χ0v) is 17.5. The van der Waals surface area contributed by atoms with Crippen LogP contribution in [0, 0.1) is 13.8 Å². The number of amides is 1. The highest BCUT2D eigenvalue weighted by atomic mass is 16.5. The molecule has 1 aliphatic rings. The third-order valence-corrected chi connectivity index (χ3v) is 5.49. The monoisotopic (exact) mass is 399 g/mol. The van der Waals surface area contributed by atoms with E-state index in [-0.39, 0.29) is 5.91 Å². The number of ether oxygens (including phenoxy) is 1. The summed E-state index contributed by atoms with van der Waals surface area (Å²) < 4.78 is 5.20. The molecular formula is C25H25N3O2. The molecule has 0 bridgehead atoms. The second-order valence-electron chi connectivity index (χ2n) is 7.59. The van der Waals surface area contributed by atoms with Crippen molar-refractivity contribution in [1.82, 2.24) is 5.43 Å². The van der Waals surface area contributed by atoms with Gasteiger partial charge in [0.1, 0.15) is 5.75 Å². The third kappa shape index (κ3) is 4.20. The average molecular weight is 399 g/mol. The van der Waals surface area contributed by atoms with Crippen molar-refractivity contribution in [1.29, 1.82) is 0 Å². The Morgan fingerprint density at radius 1 is 1.00 bits per heavy atom. The van der Waals surface area contributed by atoms with Gasteiger partial charge in [-0.15, -0.1) is 0 Å². The maximum atomic E-state index is 12.6. The van der Waals surface area contributed by atoms with Crippen LogP contribution in [-0.2, 0) is 13.1 Å². The number of nitrogens with one attached hydrogen (secondary N) is 1. The summed E-state index contributed by atoms with van der Waals surface area (Å²) in [6.07, 6.45) is 1.60. The minimum Gasteiger partial charge on any atom is -0.497 e. The standard InChI is InChI=1S/C25H25N3O2/c1-17-10-21-15-28(16-22(21)11-18(17)2)23-8-5-7-20(13-23)25(29)27-26-14-19-6-4-9-24(12-19)30-3/h4-14H,15-16H2,1-3H3,(H,27,29)/b26-14-. The molecule has 3 aromatic carbocycles. The highest BCUT2D eigenvalue weighted by Crippen LogP contribution is 2.30. The fourth-order valence-corrected chi connectivity index (χ4v) is 3.68. The van der Waals surface area contributed by atoms with Gasteiger partial charge in [0.2, 0.25) is 0 Å². The van der Waals surface area contributed by atoms with Gasteiger partial charge in [-0.05, 0) is 72.0 Å². The van der Waals surface area contributed by atoms with E-state index in [0.29, 0.717) is 5.56 Å². The minimum absolute atomic E-state index is 0.237. The van der Waals surface area contributed by atoms with Crippen LogP contribution in [0.25, 0.3) is 0 Å². The molecule has 4 rings (SSSR count). The largest absolute Gasteiger partial charge is 0.497 e. The van der Waals surface area contributed by atoms with Crippen molar-refractivity contribution in [3.63, 3.8) is 0 Å². The number of methoxy groups -OCH3 is 1. The summed E-state index contributed by atoms with van der Waals surface area (Å²) in [5.74, 6) is 0.509. The maximum Gasteiger partial charge on any atom is 0.271 e. The van der Waals surface area contributed by atoms with E-state index in [9.17, 15) is 4.79 Å². The fraction of sp³-hybridized carbons (Fsp3) is 0.200. The van der Waals surface area contributed by atoms with E-state index in [2.05, 4.69) is 41.4 Å². The molecule has 0 radical (unpaired) electrons. The Labute approximate surface area is 177 Å². The lowest BCUT2D eigenvalue weighted by Gasteiger charge is -2.18. The average Bonchev–Trinajstić information content (AvgIpc) is 3.17. The van der Waals surface area contributed by atoms with Crippen LogP contribution in [0.2, 0.25) is 0 Å². The molecule has 5 heteroatoms. The smallest absolute Gasteiger partial charge is 0.271 e. The molecule has 0 spiro atoms. The zero-order valence-electron chi connectivity index (χ0n) is 17.5. The molecule has 1 N–H and O–H groups in total. The van der Waals surface area contributed by atoms with Gasteiger partial charge in [-0.1, -0.05) is 30.3 Å². The second kappa shape index (κ2) is 8.41. The number of carbonyl (C=O) groups excluding carboxylic acids is 1. The van der Waals surface area contributed by atoms with Crippen molar-refractivity contribution in [3.05, 3.63) is 94.0 Å². The SMILES string of the molecule is COc1cccc(/C=N\NC(=O)c2cccc(N3Cc4cc(C)c(C)cc4C3)c2)c1. The molecule has 1 heterocycles. The number of anilines is 1. The summed E-state index contributed by atoms with van der Waals surface area (Å²) in [7, 11) is 1.62. The number of fused-ring (bicyclic) bond motifs is 1. The van der Waals surface area contributed by atoms with Crippen LogP contribution in [0.15, 0.2) is 65.8 Å². The van der Waals surface area contributed by atoms with Crippen molar-refractivity contribution >= 4 is 17.8 Å². The Hall–Kier alpha value is -3.60. The molecular weight excluding hydrogens is 374 g/mol. The van der Waals surface area contributed by atoms with Gasteiger partial charge in [0.05, 0.1) is 13.3 Å². The Morgan fingerprint density at radius 3 is 2.40 bits per heavy atom. The number of carbonyl (C=O) groups is 1. The fourth-order valence-electron chi connectivity index (χ4n) is 3.68. The van der Waals surface area contributed by atoms with Crippen LogP contribution in [0.5, 0.6) is 5.75 Å². The highest BCUT2D eigenvalue weighted by Gasteiger charge is 2.20. The van der Waals surface area contributed by atoms with Gasteiger partial charge in [0.25, 0.3) is 5.91 Å². The van der Waals surface area contributed by atoms with E-state index in [0.717, 1.165) is 30.1 Å². The maximum absolute atomic E-state index is 12.6. The molecule has 0 saturated heterocycles. The summed E-state index contributed by atoms with van der Waals surface area (Å²) in [6, 6.07) is 19.7. The van der Waals surface area contributed by atoms with Gasteiger partial charge in [-0.25, -0.2) is 5.43 Å². The van der Waals surface area contributed by atoms with E-state index in [1.54, 1.807) is 19.4 Å². The Kier molecular flexibility index (Phi) is 5.53. The first-order valence-corrected chi connectivity index (χ1v) is 9.95. The lowest BCUT2D eigenvalue weighted by atomic mass is 10.0. The van der Waals surface area contributed by atoms with E-state index >= 15 is 0 Å². The molecule has 0 atom stereocenters. The Balaban J connectivity index is 1.44. The lowest BCUT2D eigenvalue weighted by Crippen LogP contribution is -2.19. The van der Waals surface area contributed by atoms with Gasteiger partial charge < -0.3 is 9.64 Å². The van der Waals surface area contributed by atoms with Gasteiger partial charge in [-0.3, -0.25) is 4.79 Å². The quantitative estimate of drug-likeness (QED) is 0.504. The molecule has 1 amide bonds. The molecule has 0 aromatic heterocycles. The van der Waals surface area contributed by atoms with Crippen LogP contribution in [0.4, 0.5) is 5.69 Å². The summed E-state index contributed by atoms with van der Waals surface area (Å²) in [5.41, 5.74) is 10.4. The Morgan fingerprint density at radius 2 is 1.70 bits per heavy atom. The second-order valence-corrected chi connectivity index (χ2v) is 7.59. The number of hydrogen-bond donors (Lipinski definition) is 1. The number of benzene rings is 3. The first-order chi connectivity index (χ1) is 14.5. The number of rotatable bonds is 5. The molecule has 0 unspecified atom stereocenters. The van der Waals surface area contributed by atoms with E-state index in [1.165, 1.54) is 22.3 Å². The minimum atomic E-state index is -0.237. The summed E-state index contributed by atoms with van der Waals surface area (Å²) in [6.45, 7) is 6.01. The first-order valence-electron chi connectivity index (χ1n) is 9.95. The molecule has 30 heavy (non-hydrogen) atoms. The third-order valence-electron chi connectivity index (χ3n) is 5.49. The van der Waals surface area contributed by atoms with E-state index in [1.807, 2.05) is 42.5 Å². The number of hydrazone groups is 1. The molecule has 0 saturated carbocycles. The molecule has 152 valence electrons. The first kappa shape index (κ1) is 19.7. The summed E-state index contributed by atoms with van der Waals surface area (Å²) in [5, 5.41) is 4.08. The van der Waals surface area contributed by atoms with E-state index < -0.39 is 0 Å². The van der Waals surface area contributed by atoms with Crippen LogP contribution in [-0.4, -0.2) is 19.2 Å². The summed E-state index contributed by atoms with van der Waals surface area (Å²) in [4.78, 5) is 14.9. The molecule has 5 nitrogen and oxygen atoms in total. The molecule has 0 fully saturated rings.